The van der Waals surface area contributed by atoms with Crippen molar-refractivity contribution in [3.05, 3.63) is 23.3 Å². The van der Waals surface area contributed by atoms with Gasteiger partial charge in [0.15, 0.2) is 0 Å². The zero-order valence-electron chi connectivity index (χ0n) is 8.02. The Labute approximate surface area is 85.5 Å². The fraction of sp³-hybridized carbons (Fsp3) is 0.300. The van der Waals surface area contributed by atoms with Crippen LogP contribution in [0.5, 0.6) is 11.5 Å². The van der Waals surface area contributed by atoms with Gasteiger partial charge in [-0.1, -0.05) is 0 Å². The van der Waals surface area contributed by atoms with Crippen LogP contribution >= 0.6 is 0 Å². The highest BCUT2D eigenvalue weighted by atomic mass is 16.7. The van der Waals surface area contributed by atoms with E-state index in [1.54, 1.807) is 0 Å². The standard InChI is InChI=1S/C10H10O5/c1-10(14)4-5-6(11)2-3-7(12)8(5)9(13)15-10/h2-3,11-12,14H,4H2,1H3. The minimum absolute atomic E-state index is 0.0473. The van der Waals surface area contributed by atoms with Crippen molar-refractivity contribution >= 4 is 5.97 Å². The van der Waals surface area contributed by atoms with Gasteiger partial charge < -0.3 is 20.1 Å². The summed E-state index contributed by atoms with van der Waals surface area (Å²) in [7, 11) is 0. The zero-order valence-corrected chi connectivity index (χ0v) is 8.02. The van der Waals surface area contributed by atoms with E-state index < -0.39 is 11.8 Å². The molecule has 1 atom stereocenters. The van der Waals surface area contributed by atoms with Gasteiger partial charge in [0, 0.05) is 18.9 Å². The van der Waals surface area contributed by atoms with Gasteiger partial charge in [-0.15, -0.1) is 0 Å². The molecule has 2 rings (SSSR count). The molecule has 0 bridgehead atoms. The first kappa shape index (κ1) is 9.79. The Morgan fingerprint density at radius 1 is 1.33 bits per heavy atom. The van der Waals surface area contributed by atoms with Crippen LogP contribution in [-0.4, -0.2) is 27.1 Å². The molecule has 1 heterocycles. The SMILES string of the molecule is CC1(O)Cc2c(O)ccc(O)c2C(=O)O1. The Kier molecular flexibility index (Phi) is 1.87. The van der Waals surface area contributed by atoms with Gasteiger partial charge in [-0.25, -0.2) is 4.79 Å². The van der Waals surface area contributed by atoms with Gasteiger partial charge in [-0.3, -0.25) is 0 Å². The Bertz CT molecular complexity index is 436. The van der Waals surface area contributed by atoms with Crippen LogP contribution in [0.15, 0.2) is 12.1 Å². The van der Waals surface area contributed by atoms with E-state index in [-0.39, 0.29) is 29.0 Å². The highest BCUT2D eigenvalue weighted by molar-refractivity contribution is 5.96. The summed E-state index contributed by atoms with van der Waals surface area (Å²) in [5, 5.41) is 28.5. The van der Waals surface area contributed by atoms with E-state index in [0.29, 0.717) is 0 Å². The fourth-order valence-electron chi connectivity index (χ4n) is 1.65. The topological polar surface area (TPSA) is 87.0 Å². The maximum absolute atomic E-state index is 11.4. The molecule has 0 aromatic heterocycles. The molecule has 80 valence electrons. The summed E-state index contributed by atoms with van der Waals surface area (Å²) in [6.45, 7) is 1.32. The number of aliphatic hydroxyl groups is 1. The number of carbonyl (C=O) groups excluding carboxylic acids is 1. The van der Waals surface area contributed by atoms with Crippen molar-refractivity contribution in [1.82, 2.24) is 0 Å². The molecule has 0 aliphatic carbocycles. The number of rotatable bonds is 0. The van der Waals surface area contributed by atoms with E-state index in [4.69, 9.17) is 0 Å². The highest BCUT2D eigenvalue weighted by Gasteiger charge is 2.37. The maximum atomic E-state index is 11.4. The number of hydrogen-bond donors (Lipinski definition) is 3. The largest absolute Gasteiger partial charge is 0.508 e. The highest BCUT2D eigenvalue weighted by Crippen LogP contribution is 2.36. The molecule has 0 saturated heterocycles. The summed E-state index contributed by atoms with van der Waals surface area (Å²) in [5.74, 6) is -2.88. The van der Waals surface area contributed by atoms with Crippen LogP contribution in [0.3, 0.4) is 0 Å². The van der Waals surface area contributed by atoms with Gasteiger partial charge in [0.2, 0.25) is 5.79 Å². The molecule has 0 saturated carbocycles. The molecule has 1 aliphatic heterocycles. The second-order valence-corrected chi connectivity index (χ2v) is 3.70. The molecule has 1 aliphatic rings. The van der Waals surface area contributed by atoms with E-state index in [2.05, 4.69) is 4.74 Å². The number of carbonyl (C=O) groups is 1. The van der Waals surface area contributed by atoms with Crippen LogP contribution in [0.1, 0.15) is 22.8 Å². The Morgan fingerprint density at radius 3 is 2.60 bits per heavy atom. The average molecular weight is 210 g/mol. The van der Waals surface area contributed by atoms with Crippen LogP contribution in [0.25, 0.3) is 0 Å². The monoisotopic (exact) mass is 210 g/mol. The van der Waals surface area contributed by atoms with Crippen molar-refractivity contribution in [3.8, 4) is 11.5 Å². The van der Waals surface area contributed by atoms with Crippen molar-refractivity contribution in [2.45, 2.75) is 19.1 Å². The Morgan fingerprint density at radius 2 is 1.93 bits per heavy atom. The number of phenolic OH excluding ortho intramolecular Hbond substituents is 2. The van der Waals surface area contributed by atoms with Crippen LogP contribution in [0.2, 0.25) is 0 Å². The van der Waals surface area contributed by atoms with E-state index in [9.17, 15) is 20.1 Å². The molecule has 1 aromatic carbocycles. The van der Waals surface area contributed by atoms with Gasteiger partial charge >= 0.3 is 5.97 Å². The number of ether oxygens (including phenoxy) is 1. The van der Waals surface area contributed by atoms with Crippen LogP contribution in [-0.2, 0) is 11.2 Å². The molecular formula is C10H10O5. The third kappa shape index (κ3) is 1.50. The third-order valence-electron chi connectivity index (χ3n) is 2.29. The van der Waals surface area contributed by atoms with Gasteiger partial charge in [0.05, 0.1) is 0 Å². The lowest BCUT2D eigenvalue weighted by Crippen LogP contribution is -2.38. The molecule has 0 amide bonds. The predicted octanol–water partition coefficient (Wildman–Crippen LogP) is 0.519. The van der Waals surface area contributed by atoms with E-state index in [1.807, 2.05) is 0 Å². The summed E-state index contributed by atoms with van der Waals surface area (Å²) in [5.41, 5.74) is 0.123. The number of cyclic esters (lactones) is 1. The molecule has 0 spiro atoms. The second kappa shape index (κ2) is 2.87. The number of aromatic hydroxyl groups is 2. The smallest absolute Gasteiger partial charge is 0.344 e. The Balaban J connectivity index is 2.64. The lowest BCUT2D eigenvalue weighted by Gasteiger charge is -2.29. The van der Waals surface area contributed by atoms with Gasteiger partial charge in [-0.2, -0.15) is 0 Å². The molecule has 5 heteroatoms. The number of benzene rings is 1. The van der Waals surface area contributed by atoms with Gasteiger partial charge in [0.1, 0.15) is 17.1 Å². The quantitative estimate of drug-likeness (QED) is 0.429. The molecule has 15 heavy (non-hydrogen) atoms. The lowest BCUT2D eigenvalue weighted by atomic mass is 9.95. The molecular weight excluding hydrogens is 200 g/mol. The summed E-state index contributed by atoms with van der Waals surface area (Å²) < 4.78 is 4.68. The molecule has 1 unspecified atom stereocenters. The van der Waals surface area contributed by atoms with Gasteiger partial charge in [-0.05, 0) is 12.1 Å². The van der Waals surface area contributed by atoms with Crippen molar-refractivity contribution in [1.29, 1.82) is 0 Å². The predicted molar refractivity (Wildman–Crippen MR) is 49.5 cm³/mol. The van der Waals surface area contributed by atoms with Crippen LogP contribution < -0.4 is 0 Å². The van der Waals surface area contributed by atoms with Crippen LogP contribution in [0, 0.1) is 0 Å². The van der Waals surface area contributed by atoms with Crippen molar-refractivity contribution in [3.63, 3.8) is 0 Å². The van der Waals surface area contributed by atoms with E-state index in [0.717, 1.165) is 0 Å². The lowest BCUT2D eigenvalue weighted by molar-refractivity contribution is -0.155. The first-order chi connectivity index (χ1) is 6.91. The second-order valence-electron chi connectivity index (χ2n) is 3.70. The summed E-state index contributed by atoms with van der Waals surface area (Å²) in [6, 6.07) is 2.47. The maximum Gasteiger partial charge on any atom is 0.344 e. The van der Waals surface area contributed by atoms with Crippen molar-refractivity contribution in [2.75, 3.05) is 0 Å². The number of esters is 1. The Hall–Kier alpha value is -1.75. The molecule has 5 nitrogen and oxygen atoms in total. The van der Waals surface area contributed by atoms with E-state index >= 15 is 0 Å². The number of phenols is 2. The minimum Gasteiger partial charge on any atom is -0.508 e. The van der Waals surface area contributed by atoms with Crippen LogP contribution in [0.4, 0.5) is 0 Å². The number of hydrogen-bond acceptors (Lipinski definition) is 5. The van der Waals surface area contributed by atoms with Crippen molar-refractivity contribution < 1.29 is 24.9 Å². The molecule has 1 aromatic rings. The normalized spacial score (nSPS) is 24.5. The third-order valence-corrected chi connectivity index (χ3v) is 2.29. The van der Waals surface area contributed by atoms with E-state index in [1.165, 1.54) is 19.1 Å². The summed E-state index contributed by atoms with van der Waals surface area (Å²) in [4.78, 5) is 11.4. The van der Waals surface area contributed by atoms with Crippen molar-refractivity contribution in [2.24, 2.45) is 0 Å². The van der Waals surface area contributed by atoms with Gasteiger partial charge in [0.25, 0.3) is 0 Å². The first-order valence-corrected chi connectivity index (χ1v) is 4.40. The fourth-order valence-corrected chi connectivity index (χ4v) is 1.65. The first-order valence-electron chi connectivity index (χ1n) is 4.40. The molecule has 0 radical (unpaired) electrons. The summed E-state index contributed by atoms with van der Waals surface area (Å²) >= 11 is 0. The zero-order chi connectivity index (χ0) is 11.2. The molecule has 0 fully saturated rings. The average Bonchev–Trinajstić information content (AvgIpc) is 2.09. The summed E-state index contributed by atoms with van der Waals surface area (Å²) in [6.07, 6.45) is -0.0473. The molecule has 3 N–H and O–H groups in total. The number of fused-ring (bicyclic) bond motifs is 1. The minimum atomic E-state index is -1.64.